The van der Waals surface area contributed by atoms with E-state index in [0.29, 0.717) is 11.1 Å². The van der Waals surface area contributed by atoms with Crippen LogP contribution in [0.2, 0.25) is 0 Å². The van der Waals surface area contributed by atoms with Gasteiger partial charge in [0, 0.05) is 11.1 Å². The average Bonchev–Trinajstić information content (AvgIpc) is 2.62. The minimum absolute atomic E-state index is 0.162. The number of hydrogen-bond donors (Lipinski definition) is 2. The van der Waals surface area contributed by atoms with E-state index >= 15 is 0 Å². The summed E-state index contributed by atoms with van der Waals surface area (Å²) in [5.74, 6) is -1.51. The highest BCUT2D eigenvalue weighted by Crippen LogP contribution is 2.17. The van der Waals surface area contributed by atoms with Crippen LogP contribution in [0.25, 0.3) is 22.8 Å². The molecule has 2 aromatic carbocycles. The smallest absolute Gasteiger partial charge is 0.335 e. The van der Waals surface area contributed by atoms with Crippen LogP contribution in [0.15, 0.2) is 48.5 Å². The Morgan fingerprint density at radius 1 is 0.583 bits per heavy atom. The van der Waals surface area contributed by atoms with Crippen molar-refractivity contribution >= 4 is 11.9 Å². The maximum Gasteiger partial charge on any atom is 0.335 e. The first-order chi connectivity index (χ1) is 11.5. The molecule has 0 saturated carbocycles. The summed E-state index contributed by atoms with van der Waals surface area (Å²) in [7, 11) is 0. The van der Waals surface area contributed by atoms with Crippen LogP contribution in [0.4, 0.5) is 0 Å². The lowest BCUT2D eigenvalue weighted by atomic mass is 10.1. The van der Waals surface area contributed by atoms with Gasteiger partial charge in [-0.05, 0) is 24.3 Å². The highest BCUT2D eigenvalue weighted by molar-refractivity contribution is 5.88. The lowest BCUT2D eigenvalue weighted by molar-refractivity contribution is 0.0686. The zero-order valence-corrected chi connectivity index (χ0v) is 12.1. The Bertz CT molecular complexity index is 814. The fourth-order valence-corrected chi connectivity index (χ4v) is 1.98. The Hall–Kier alpha value is -3.68. The monoisotopic (exact) mass is 322 g/mol. The molecule has 3 aromatic rings. The minimum atomic E-state index is -1.01. The summed E-state index contributed by atoms with van der Waals surface area (Å²) in [6.45, 7) is 0. The number of carboxylic acids is 2. The van der Waals surface area contributed by atoms with Crippen LogP contribution in [0.1, 0.15) is 20.7 Å². The van der Waals surface area contributed by atoms with Gasteiger partial charge in [-0.15, -0.1) is 20.4 Å². The van der Waals surface area contributed by atoms with Crippen molar-refractivity contribution in [1.29, 1.82) is 0 Å². The van der Waals surface area contributed by atoms with Crippen molar-refractivity contribution in [3.63, 3.8) is 0 Å². The van der Waals surface area contributed by atoms with Crippen LogP contribution in [-0.4, -0.2) is 42.5 Å². The van der Waals surface area contributed by atoms with Crippen LogP contribution < -0.4 is 0 Å². The zero-order chi connectivity index (χ0) is 17.1. The molecule has 2 N–H and O–H groups in total. The first-order valence-corrected chi connectivity index (χ1v) is 6.79. The molecule has 0 spiro atoms. The number of rotatable bonds is 4. The van der Waals surface area contributed by atoms with Crippen molar-refractivity contribution in [3.05, 3.63) is 59.7 Å². The third-order valence-corrected chi connectivity index (χ3v) is 3.26. The van der Waals surface area contributed by atoms with Gasteiger partial charge in [-0.3, -0.25) is 0 Å². The van der Waals surface area contributed by atoms with E-state index in [1.807, 2.05) is 0 Å². The van der Waals surface area contributed by atoms with Crippen molar-refractivity contribution in [3.8, 4) is 22.8 Å². The minimum Gasteiger partial charge on any atom is -0.478 e. The Labute approximate surface area is 135 Å². The molecule has 8 heteroatoms. The third-order valence-electron chi connectivity index (χ3n) is 3.26. The highest BCUT2D eigenvalue weighted by atomic mass is 16.4. The van der Waals surface area contributed by atoms with Crippen molar-refractivity contribution in [2.75, 3.05) is 0 Å². The molecular formula is C16H10N4O4. The molecule has 24 heavy (non-hydrogen) atoms. The van der Waals surface area contributed by atoms with Gasteiger partial charge in [-0.2, -0.15) is 0 Å². The van der Waals surface area contributed by atoms with E-state index in [9.17, 15) is 9.59 Å². The molecule has 1 heterocycles. The van der Waals surface area contributed by atoms with Gasteiger partial charge in [0.2, 0.25) is 11.6 Å². The van der Waals surface area contributed by atoms with Crippen LogP contribution in [0, 0.1) is 0 Å². The number of aromatic carboxylic acids is 2. The van der Waals surface area contributed by atoms with E-state index in [4.69, 9.17) is 10.2 Å². The van der Waals surface area contributed by atoms with Gasteiger partial charge in [0.15, 0.2) is 0 Å². The second-order valence-corrected chi connectivity index (χ2v) is 4.81. The number of benzene rings is 2. The molecule has 0 saturated heterocycles. The molecule has 8 nitrogen and oxygen atoms in total. The van der Waals surface area contributed by atoms with Gasteiger partial charge in [0.1, 0.15) is 0 Å². The van der Waals surface area contributed by atoms with E-state index in [1.54, 1.807) is 24.3 Å². The largest absolute Gasteiger partial charge is 0.478 e. The Balaban J connectivity index is 1.84. The summed E-state index contributed by atoms with van der Waals surface area (Å²) in [5.41, 5.74) is 1.50. The normalized spacial score (nSPS) is 10.3. The predicted octanol–water partition coefficient (Wildman–Crippen LogP) is 2.00. The number of carbonyl (C=O) groups is 2. The number of aromatic nitrogens is 4. The highest BCUT2D eigenvalue weighted by Gasteiger charge is 2.09. The van der Waals surface area contributed by atoms with Gasteiger partial charge in [-0.1, -0.05) is 24.3 Å². The van der Waals surface area contributed by atoms with Gasteiger partial charge in [0.25, 0.3) is 0 Å². The molecule has 0 aliphatic rings. The van der Waals surface area contributed by atoms with Crippen LogP contribution >= 0.6 is 0 Å². The van der Waals surface area contributed by atoms with Crippen molar-refractivity contribution in [2.45, 2.75) is 0 Å². The Morgan fingerprint density at radius 2 is 0.875 bits per heavy atom. The van der Waals surface area contributed by atoms with Crippen molar-refractivity contribution in [2.24, 2.45) is 0 Å². The standard InChI is InChI=1S/C16H10N4O4/c21-15(22)11-5-1-9(2-6-11)13-17-19-14(20-18-13)10-3-7-12(8-4-10)16(23)24/h1-8H,(H,21,22)(H,23,24). The van der Waals surface area contributed by atoms with Gasteiger partial charge in [-0.25, -0.2) is 9.59 Å². The fourth-order valence-electron chi connectivity index (χ4n) is 1.98. The SMILES string of the molecule is O=C(O)c1ccc(-c2nnc(-c3ccc(C(=O)O)cc3)nn2)cc1. The fraction of sp³-hybridized carbons (Fsp3) is 0. The zero-order valence-electron chi connectivity index (χ0n) is 12.1. The van der Waals surface area contributed by atoms with Gasteiger partial charge < -0.3 is 10.2 Å². The number of carboxylic acid groups (broad SMARTS) is 2. The topological polar surface area (TPSA) is 126 Å². The molecule has 0 fully saturated rings. The molecule has 0 radical (unpaired) electrons. The third kappa shape index (κ3) is 3.07. The summed E-state index contributed by atoms with van der Waals surface area (Å²) in [6.07, 6.45) is 0. The molecule has 0 unspecified atom stereocenters. The lowest BCUT2D eigenvalue weighted by Crippen LogP contribution is -2.01. The van der Waals surface area contributed by atoms with E-state index in [2.05, 4.69) is 20.4 Å². The second-order valence-electron chi connectivity index (χ2n) is 4.81. The maximum atomic E-state index is 10.8. The molecule has 1 aromatic heterocycles. The van der Waals surface area contributed by atoms with Crippen molar-refractivity contribution < 1.29 is 19.8 Å². The first kappa shape index (κ1) is 15.2. The lowest BCUT2D eigenvalue weighted by Gasteiger charge is -2.02. The Morgan fingerprint density at radius 3 is 1.12 bits per heavy atom. The number of nitrogens with zero attached hydrogens (tertiary/aromatic N) is 4. The molecule has 0 atom stereocenters. The van der Waals surface area contributed by atoms with E-state index in [1.165, 1.54) is 24.3 Å². The summed E-state index contributed by atoms with van der Waals surface area (Å²) in [6, 6.07) is 12.1. The molecule has 0 amide bonds. The molecule has 0 bridgehead atoms. The quantitative estimate of drug-likeness (QED) is 0.746. The number of hydrogen-bond acceptors (Lipinski definition) is 6. The molecular weight excluding hydrogens is 312 g/mol. The Kier molecular flexibility index (Phi) is 3.94. The molecule has 3 rings (SSSR count). The predicted molar refractivity (Wildman–Crippen MR) is 82.4 cm³/mol. The summed E-state index contributed by atoms with van der Waals surface area (Å²) in [5, 5.41) is 33.6. The summed E-state index contributed by atoms with van der Waals surface area (Å²) in [4.78, 5) is 21.6. The second kappa shape index (κ2) is 6.21. The van der Waals surface area contributed by atoms with Crippen LogP contribution in [-0.2, 0) is 0 Å². The molecule has 118 valence electrons. The first-order valence-electron chi connectivity index (χ1n) is 6.79. The van der Waals surface area contributed by atoms with E-state index in [0.717, 1.165) is 0 Å². The maximum absolute atomic E-state index is 10.8. The van der Waals surface area contributed by atoms with Crippen molar-refractivity contribution in [1.82, 2.24) is 20.4 Å². The average molecular weight is 322 g/mol. The van der Waals surface area contributed by atoms with Crippen LogP contribution in [0.5, 0.6) is 0 Å². The van der Waals surface area contributed by atoms with Gasteiger partial charge in [0.05, 0.1) is 11.1 Å². The molecule has 0 aliphatic carbocycles. The van der Waals surface area contributed by atoms with E-state index in [-0.39, 0.29) is 22.8 Å². The molecule has 0 aliphatic heterocycles. The van der Waals surface area contributed by atoms with Gasteiger partial charge >= 0.3 is 11.9 Å². The van der Waals surface area contributed by atoms with E-state index < -0.39 is 11.9 Å². The van der Waals surface area contributed by atoms with Crippen LogP contribution in [0.3, 0.4) is 0 Å². The summed E-state index contributed by atoms with van der Waals surface area (Å²) < 4.78 is 0. The summed E-state index contributed by atoms with van der Waals surface area (Å²) >= 11 is 0.